The van der Waals surface area contributed by atoms with Crippen LogP contribution in [0, 0.1) is 10.1 Å². The minimum Gasteiger partial charge on any atom is -0.490 e. The summed E-state index contributed by atoms with van der Waals surface area (Å²) < 4.78 is 4.98. The molecule has 0 aliphatic rings. The highest BCUT2D eigenvalue weighted by atomic mass is 32.1. The molecule has 0 saturated carbocycles. The number of hydrogen-bond acceptors (Lipinski definition) is 5. The van der Waals surface area contributed by atoms with E-state index < -0.39 is 4.92 Å². The zero-order valence-corrected chi connectivity index (χ0v) is 12.0. The Balaban J connectivity index is 1.89. The van der Waals surface area contributed by atoms with Crippen molar-refractivity contribution in [3.63, 3.8) is 0 Å². The monoisotopic (exact) mass is 292 g/mol. The van der Waals surface area contributed by atoms with Crippen LogP contribution >= 0.6 is 11.3 Å². The molecule has 0 radical (unpaired) electrons. The van der Waals surface area contributed by atoms with Gasteiger partial charge in [-0.1, -0.05) is 6.07 Å². The van der Waals surface area contributed by atoms with Gasteiger partial charge in [-0.3, -0.25) is 10.1 Å². The summed E-state index contributed by atoms with van der Waals surface area (Å²) in [4.78, 5) is 10.5. The third kappa shape index (κ3) is 3.79. The third-order valence-electron chi connectivity index (χ3n) is 2.94. The van der Waals surface area contributed by atoms with Crippen LogP contribution in [-0.4, -0.2) is 18.6 Å². The van der Waals surface area contributed by atoms with Crippen LogP contribution < -0.4 is 10.1 Å². The lowest BCUT2D eigenvalue weighted by atomic mass is 10.2. The molecule has 1 aromatic heterocycles. The molecule has 0 aliphatic carbocycles. The maximum atomic E-state index is 10.9. The van der Waals surface area contributed by atoms with Crippen LogP contribution in [0.25, 0.3) is 0 Å². The molecular formula is C14H16N2O3S. The van der Waals surface area contributed by atoms with Gasteiger partial charge in [0.15, 0.2) is 5.75 Å². The topological polar surface area (TPSA) is 64.4 Å². The molecule has 0 saturated heterocycles. The minimum atomic E-state index is -0.423. The van der Waals surface area contributed by atoms with Crippen LogP contribution in [0.15, 0.2) is 35.0 Å². The van der Waals surface area contributed by atoms with Crippen molar-refractivity contribution in [2.75, 3.05) is 13.7 Å². The highest BCUT2D eigenvalue weighted by Gasteiger charge is 2.14. The standard InChI is InChI=1S/C14H16N2O3S/c1-19-14-3-2-12(8-13(14)16(17)18)9-15-6-4-11-5-7-20-10-11/h2-3,5,7-8,10,15H,4,6,9H2,1H3. The molecule has 2 aromatic rings. The Morgan fingerprint density at radius 1 is 1.35 bits per heavy atom. The van der Waals surface area contributed by atoms with Gasteiger partial charge in [-0.15, -0.1) is 0 Å². The van der Waals surface area contributed by atoms with E-state index in [9.17, 15) is 10.1 Å². The number of nitro benzene ring substituents is 1. The van der Waals surface area contributed by atoms with Crippen molar-refractivity contribution in [1.82, 2.24) is 5.32 Å². The van der Waals surface area contributed by atoms with Gasteiger partial charge in [-0.05, 0) is 47.0 Å². The average Bonchev–Trinajstić information content (AvgIpc) is 2.96. The number of thiophene rings is 1. The zero-order valence-electron chi connectivity index (χ0n) is 11.2. The van der Waals surface area contributed by atoms with Crippen LogP contribution in [-0.2, 0) is 13.0 Å². The number of rotatable bonds is 7. The number of hydrogen-bond donors (Lipinski definition) is 1. The van der Waals surface area contributed by atoms with Crippen molar-refractivity contribution in [1.29, 1.82) is 0 Å². The van der Waals surface area contributed by atoms with Crippen LogP contribution in [0.3, 0.4) is 0 Å². The molecule has 1 N–H and O–H groups in total. The Morgan fingerprint density at radius 3 is 2.85 bits per heavy atom. The molecule has 0 amide bonds. The Labute approximate surface area is 121 Å². The third-order valence-corrected chi connectivity index (χ3v) is 3.67. The maximum absolute atomic E-state index is 10.9. The van der Waals surface area contributed by atoms with Crippen molar-refractivity contribution < 1.29 is 9.66 Å². The summed E-state index contributed by atoms with van der Waals surface area (Å²) in [5.41, 5.74) is 2.19. The van der Waals surface area contributed by atoms with Crippen molar-refractivity contribution in [3.05, 3.63) is 56.3 Å². The molecule has 0 fully saturated rings. The summed E-state index contributed by atoms with van der Waals surface area (Å²) in [6, 6.07) is 7.12. The summed E-state index contributed by atoms with van der Waals surface area (Å²) in [5, 5.41) is 18.4. The second-order valence-electron chi connectivity index (χ2n) is 4.32. The first-order chi connectivity index (χ1) is 9.70. The Kier molecular flexibility index (Phi) is 5.09. The summed E-state index contributed by atoms with van der Waals surface area (Å²) >= 11 is 1.69. The second kappa shape index (κ2) is 7.02. The summed E-state index contributed by atoms with van der Waals surface area (Å²) in [7, 11) is 1.43. The molecule has 0 atom stereocenters. The SMILES string of the molecule is COc1ccc(CNCCc2ccsc2)cc1[N+](=O)[O-]. The molecule has 0 spiro atoms. The van der Waals surface area contributed by atoms with Crippen molar-refractivity contribution >= 4 is 17.0 Å². The molecule has 6 heteroatoms. The zero-order chi connectivity index (χ0) is 14.4. The van der Waals surface area contributed by atoms with E-state index >= 15 is 0 Å². The number of ether oxygens (including phenoxy) is 1. The molecule has 1 aromatic carbocycles. The van der Waals surface area contributed by atoms with Gasteiger partial charge < -0.3 is 10.1 Å². The number of benzene rings is 1. The molecule has 2 rings (SSSR count). The lowest BCUT2D eigenvalue weighted by Gasteiger charge is -2.06. The fourth-order valence-electron chi connectivity index (χ4n) is 1.89. The Morgan fingerprint density at radius 2 is 2.20 bits per heavy atom. The lowest BCUT2D eigenvalue weighted by molar-refractivity contribution is -0.385. The minimum absolute atomic E-state index is 0.00429. The van der Waals surface area contributed by atoms with Crippen LogP contribution in [0.2, 0.25) is 0 Å². The quantitative estimate of drug-likeness (QED) is 0.484. The lowest BCUT2D eigenvalue weighted by Crippen LogP contribution is -2.16. The maximum Gasteiger partial charge on any atom is 0.311 e. The predicted molar refractivity (Wildman–Crippen MR) is 79.4 cm³/mol. The molecule has 1 heterocycles. The average molecular weight is 292 g/mol. The van der Waals surface area contributed by atoms with E-state index in [-0.39, 0.29) is 11.4 Å². The van der Waals surface area contributed by atoms with Crippen molar-refractivity contribution in [2.24, 2.45) is 0 Å². The van der Waals surface area contributed by atoms with E-state index in [0.717, 1.165) is 18.5 Å². The number of nitrogens with one attached hydrogen (secondary N) is 1. The molecular weight excluding hydrogens is 276 g/mol. The molecule has 106 valence electrons. The number of nitrogens with zero attached hydrogens (tertiary/aromatic N) is 1. The van der Waals surface area contributed by atoms with E-state index in [2.05, 4.69) is 22.1 Å². The van der Waals surface area contributed by atoms with E-state index in [0.29, 0.717) is 6.54 Å². The van der Waals surface area contributed by atoms with Gasteiger partial charge >= 0.3 is 5.69 Å². The first kappa shape index (κ1) is 14.5. The number of methoxy groups -OCH3 is 1. The largest absolute Gasteiger partial charge is 0.490 e. The predicted octanol–water partition coefficient (Wildman–Crippen LogP) is 3.00. The van der Waals surface area contributed by atoms with Gasteiger partial charge in [-0.2, -0.15) is 11.3 Å². The first-order valence-electron chi connectivity index (χ1n) is 6.24. The molecule has 0 bridgehead atoms. The molecule has 20 heavy (non-hydrogen) atoms. The highest BCUT2D eigenvalue weighted by Crippen LogP contribution is 2.27. The number of nitro groups is 1. The van der Waals surface area contributed by atoms with Gasteiger partial charge in [0, 0.05) is 12.6 Å². The Bertz CT molecular complexity index is 570. The van der Waals surface area contributed by atoms with E-state index in [1.807, 2.05) is 6.07 Å². The highest BCUT2D eigenvalue weighted by molar-refractivity contribution is 7.07. The molecule has 5 nitrogen and oxygen atoms in total. The van der Waals surface area contributed by atoms with Crippen LogP contribution in [0.4, 0.5) is 5.69 Å². The molecule has 0 unspecified atom stereocenters. The van der Waals surface area contributed by atoms with Gasteiger partial charge in [0.1, 0.15) is 0 Å². The fourth-order valence-corrected chi connectivity index (χ4v) is 2.59. The summed E-state index contributed by atoms with van der Waals surface area (Å²) in [6.45, 7) is 1.45. The first-order valence-corrected chi connectivity index (χ1v) is 7.18. The normalized spacial score (nSPS) is 10.4. The smallest absolute Gasteiger partial charge is 0.311 e. The van der Waals surface area contributed by atoms with Crippen molar-refractivity contribution in [2.45, 2.75) is 13.0 Å². The van der Waals surface area contributed by atoms with Crippen molar-refractivity contribution in [3.8, 4) is 5.75 Å². The van der Waals surface area contributed by atoms with Gasteiger partial charge in [-0.25, -0.2) is 0 Å². The van der Waals surface area contributed by atoms with Gasteiger partial charge in [0.2, 0.25) is 0 Å². The van der Waals surface area contributed by atoms with Crippen LogP contribution in [0.5, 0.6) is 5.75 Å². The fraction of sp³-hybridized carbons (Fsp3) is 0.286. The van der Waals surface area contributed by atoms with E-state index in [1.165, 1.54) is 12.7 Å². The Hall–Kier alpha value is -1.92. The summed E-state index contributed by atoms with van der Waals surface area (Å²) in [5.74, 6) is 0.289. The summed E-state index contributed by atoms with van der Waals surface area (Å²) in [6.07, 6.45) is 0.960. The second-order valence-corrected chi connectivity index (χ2v) is 5.10. The van der Waals surface area contributed by atoms with Crippen LogP contribution in [0.1, 0.15) is 11.1 Å². The molecule has 0 aliphatic heterocycles. The van der Waals surface area contributed by atoms with Gasteiger partial charge in [0.25, 0.3) is 0 Å². The van der Waals surface area contributed by atoms with E-state index in [1.54, 1.807) is 23.5 Å². The van der Waals surface area contributed by atoms with E-state index in [4.69, 9.17) is 4.74 Å². The van der Waals surface area contributed by atoms with Gasteiger partial charge in [0.05, 0.1) is 12.0 Å².